The standard InChI is InChI=1S/C43H78O5/c1-3-5-7-9-11-13-15-17-19-20-21-22-24-26-28-30-32-34-36-38-43(46)48-41(39-44)40-47-42(45)37-35-33-31-29-27-25-23-18-16-14-12-10-8-6-4-2/h12,14,17-19,23,41,44H,3-11,13,15-16,20-22,24-40H2,1-2H3/b14-12+,19-17+,23-18+/t41-/m0/s1. The number of ether oxygens (including phenoxy) is 2. The third kappa shape index (κ3) is 36.9. The minimum Gasteiger partial charge on any atom is -0.462 e. The summed E-state index contributed by atoms with van der Waals surface area (Å²) in [5.74, 6) is -0.606. The van der Waals surface area contributed by atoms with Crippen LogP contribution in [0.3, 0.4) is 0 Å². The van der Waals surface area contributed by atoms with Crippen molar-refractivity contribution >= 4 is 11.9 Å². The molecule has 280 valence electrons. The maximum Gasteiger partial charge on any atom is 0.306 e. The number of carbonyl (C=O) groups excluding carboxylic acids is 2. The Morgan fingerprint density at radius 2 is 0.833 bits per heavy atom. The molecule has 5 nitrogen and oxygen atoms in total. The second-order valence-corrected chi connectivity index (χ2v) is 13.7. The van der Waals surface area contributed by atoms with Crippen molar-refractivity contribution < 1.29 is 24.2 Å². The van der Waals surface area contributed by atoms with Gasteiger partial charge in [0.25, 0.3) is 0 Å². The van der Waals surface area contributed by atoms with Gasteiger partial charge >= 0.3 is 11.9 Å². The number of aliphatic hydroxyl groups is 1. The van der Waals surface area contributed by atoms with E-state index in [1.807, 2.05) is 0 Å². The highest BCUT2D eigenvalue weighted by Gasteiger charge is 2.16. The summed E-state index contributed by atoms with van der Waals surface area (Å²) in [6.07, 6.45) is 47.7. The summed E-state index contributed by atoms with van der Waals surface area (Å²) in [5.41, 5.74) is 0. The smallest absolute Gasteiger partial charge is 0.306 e. The zero-order valence-corrected chi connectivity index (χ0v) is 31.7. The van der Waals surface area contributed by atoms with Gasteiger partial charge in [-0.15, -0.1) is 0 Å². The minimum atomic E-state index is -0.776. The lowest BCUT2D eigenvalue weighted by molar-refractivity contribution is -0.161. The van der Waals surface area contributed by atoms with Gasteiger partial charge < -0.3 is 14.6 Å². The van der Waals surface area contributed by atoms with E-state index >= 15 is 0 Å². The minimum absolute atomic E-state index is 0.0726. The lowest BCUT2D eigenvalue weighted by Gasteiger charge is -2.15. The quantitative estimate of drug-likeness (QED) is 0.0403. The fraction of sp³-hybridized carbons (Fsp3) is 0.814. The second-order valence-electron chi connectivity index (χ2n) is 13.7. The Labute approximate surface area is 297 Å². The van der Waals surface area contributed by atoms with Crippen molar-refractivity contribution in [3.05, 3.63) is 36.5 Å². The number of hydrogen-bond acceptors (Lipinski definition) is 5. The molecule has 0 amide bonds. The third-order valence-corrected chi connectivity index (χ3v) is 8.91. The molecule has 0 aromatic carbocycles. The lowest BCUT2D eigenvalue weighted by atomic mass is 10.1. The second kappa shape index (κ2) is 39.6. The molecule has 5 heteroatoms. The monoisotopic (exact) mass is 675 g/mol. The molecule has 48 heavy (non-hydrogen) atoms. The average Bonchev–Trinajstić information content (AvgIpc) is 3.09. The summed E-state index contributed by atoms with van der Waals surface area (Å²) in [4.78, 5) is 24.3. The zero-order valence-electron chi connectivity index (χ0n) is 31.7. The highest BCUT2D eigenvalue weighted by Crippen LogP contribution is 2.14. The first kappa shape index (κ1) is 46.1. The molecule has 0 aliphatic rings. The van der Waals surface area contributed by atoms with Crippen molar-refractivity contribution in [2.24, 2.45) is 0 Å². The molecule has 0 aliphatic heterocycles. The summed E-state index contributed by atoms with van der Waals surface area (Å²) in [6, 6.07) is 0. The highest BCUT2D eigenvalue weighted by atomic mass is 16.6. The van der Waals surface area contributed by atoms with Crippen LogP contribution in [0.25, 0.3) is 0 Å². The van der Waals surface area contributed by atoms with E-state index in [-0.39, 0.29) is 25.2 Å². The number of hydrogen-bond donors (Lipinski definition) is 1. The summed E-state index contributed by atoms with van der Waals surface area (Å²) in [6.45, 7) is 4.10. The molecule has 0 radical (unpaired) electrons. The van der Waals surface area contributed by atoms with Crippen molar-refractivity contribution in [1.29, 1.82) is 0 Å². The van der Waals surface area contributed by atoms with E-state index in [1.165, 1.54) is 128 Å². The van der Waals surface area contributed by atoms with Crippen LogP contribution in [0.5, 0.6) is 0 Å². The van der Waals surface area contributed by atoms with Crippen molar-refractivity contribution in [2.75, 3.05) is 13.2 Å². The molecular weight excluding hydrogens is 596 g/mol. The van der Waals surface area contributed by atoms with Crippen molar-refractivity contribution in [3.8, 4) is 0 Å². The first-order valence-electron chi connectivity index (χ1n) is 20.5. The van der Waals surface area contributed by atoms with Gasteiger partial charge in [0.2, 0.25) is 0 Å². The van der Waals surface area contributed by atoms with Gasteiger partial charge in [-0.05, 0) is 70.6 Å². The van der Waals surface area contributed by atoms with Crippen LogP contribution in [0.2, 0.25) is 0 Å². The lowest BCUT2D eigenvalue weighted by Crippen LogP contribution is -2.28. The number of unbranched alkanes of at least 4 members (excludes halogenated alkanes) is 23. The first-order valence-corrected chi connectivity index (χ1v) is 20.5. The molecule has 0 unspecified atom stereocenters. The molecule has 0 spiro atoms. The Hall–Kier alpha value is -1.88. The van der Waals surface area contributed by atoms with Gasteiger partial charge in [-0.25, -0.2) is 0 Å². The van der Waals surface area contributed by atoms with Gasteiger partial charge in [0.1, 0.15) is 6.61 Å². The average molecular weight is 675 g/mol. The van der Waals surface area contributed by atoms with E-state index < -0.39 is 6.10 Å². The largest absolute Gasteiger partial charge is 0.462 e. The third-order valence-electron chi connectivity index (χ3n) is 8.91. The Kier molecular flexibility index (Phi) is 38.0. The molecule has 1 N–H and O–H groups in total. The van der Waals surface area contributed by atoms with E-state index in [0.29, 0.717) is 12.8 Å². The number of rotatable bonds is 37. The summed E-state index contributed by atoms with van der Waals surface area (Å²) in [7, 11) is 0. The van der Waals surface area contributed by atoms with Crippen LogP contribution in [0.15, 0.2) is 36.5 Å². The van der Waals surface area contributed by atoms with Crippen LogP contribution in [-0.2, 0) is 19.1 Å². The summed E-state index contributed by atoms with van der Waals surface area (Å²) < 4.78 is 10.6. The fourth-order valence-electron chi connectivity index (χ4n) is 5.75. The summed E-state index contributed by atoms with van der Waals surface area (Å²) in [5, 5.41) is 9.56. The van der Waals surface area contributed by atoms with Gasteiger partial charge in [0, 0.05) is 12.8 Å². The van der Waals surface area contributed by atoms with E-state index in [0.717, 1.165) is 51.4 Å². The van der Waals surface area contributed by atoms with Gasteiger partial charge in [0.05, 0.1) is 6.61 Å². The predicted molar refractivity (Wildman–Crippen MR) is 205 cm³/mol. The van der Waals surface area contributed by atoms with Gasteiger partial charge in [-0.3, -0.25) is 9.59 Å². The van der Waals surface area contributed by atoms with Crippen LogP contribution in [-0.4, -0.2) is 36.4 Å². The molecule has 0 heterocycles. The zero-order chi connectivity index (χ0) is 35.0. The molecule has 0 saturated heterocycles. The number of allylic oxidation sites excluding steroid dienone is 6. The molecule has 0 fully saturated rings. The normalized spacial score (nSPS) is 12.5. The van der Waals surface area contributed by atoms with Gasteiger partial charge in [-0.2, -0.15) is 0 Å². The maximum absolute atomic E-state index is 12.2. The summed E-state index contributed by atoms with van der Waals surface area (Å²) >= 11 is 0. The van der Waals surface area contributed by atoms with Crippen molar-refractivity contribution in [3.63, 3.8) is 0 Å². The van der Waals surface area contributed by atoms with E-state index in [9.17, 15) is 14.7 Å². The SMILES string of the molecule is CCCCC/C=C/C/C=C/CCCCCCCC(=O)OC[C@H](CO)OC(=O)CCCCCCCCCCC/C=C/CCCCCCCC. The molecule has 0 aromatic heterocycles. The predicted octanol–water partition coefficient (Wildman–Crippen LogP) is 12.8. The Morgan fingerprint density at radius 3 is 1.29 bits per heavy atom. The van der Waals surface area contributed by atoms with Crippen LogP contribution < -0.4 is 0 Å². The Bertz CT molecular complexity index is 771. The number of carbonyl (C=O) groups is 2. The van der Waals surface area contributed by atoms with E-state index in [1.54, 1.807) is 0 Å². The molecule has 0 rings (SSSR count). The first-order chi connectivity index (χ1) is 23.6. The molecular formula is C43H78O5. The van der Waals surface area contributed by atoms with E-state index in [4.69, 9.17) is 9.47 Å². The van der Waals surface area contributed by atoms with E-state index in [2.05, 4.69) is 50.3 Å². The van der Waals surface area contributed by atoms with Crippen molar-refractivity contribution in [2.45, 2.75) is 213 Å². The number of aliphatic hydroxyl groups excluding tert-OH is 1. The molecule has 0 aromatic rings. The van der Waals surface area contributed by atoms with Crippen molar-refractivity contribution in [1.82, 2.24) is 0 Å². The molecule has 0 aliphatic carbocycles. The Morgan fingerprint density at radius 1 is 0.479 bits per heavy atom. The molecule has 0 saturated carbocycles. The van der Waals surface area contributed by atoms with Gasteiger partial charge in [-0.1, -0.05) is 159 Å². The number of esters is 2. The molecule has 0 bridgehead atoms. The van der Waals surface area contributed by atoms with Crippen LogP contribution in [0, 0.1) is 0 Å². The topological polar surface area (TPSA) is 72.8 Å². The highest BCUT2D eigenvalue weighted by molar-refractivity contribution is 5.70. The molecule has 1 atom stereocenters. The van der Waals surface area contributed by atoms with Gasteiger partial charge in [0.15, 0.2) is 6.10 Å². The maximum atomic E-state index is 12.2. The van der Waals surface area contributed by atoms with Crippen LogP contribution >= 0.6 is 0 Å². The van der Waals surface area contributed by atoms with Crippen LogP contribution in [0.1, 0.15) is 206 Å². The Balaban J connectivity index is 3.55. The fourth-order valence-corrected chi connectivity index (χ4v) is 5.75. The van der Waals surface area contributed by atoms with Crippen LogP contribution in [0.4, 0.5) is 0 Å².